The Balaban J connectivity index is 0.00000243. The number of anilines is 1. The quantitative estimate of drug-likeness (QED) is 0.385. The highest BCUT2D eigenvalue weighted by Crippen LogP contribution is 2.18. The molecule has 0 amide bonds. The lowest BCUT2D eigenvalue weighted by Crippen LogP contribution is -2.36. The smallest absolute Gasteiger partial charge is 0.191 e. The molecule has 2 aromatic heterocycles. The average molecular weight is 469 g/mol. The van der Waals surface area contributed by atoms with E-state index in [-0.39, 0.29) is 24.0 Å². The van der Waals surface area contributed by atoms with E-state index in [1.165, 1.54) is 24.8 Å². The Labute approximate surface area is 172 Å². The molecule has 0 unspecified atom stereocenters. The first kappa shape index (κ1) is 20.5. The molecular weight excluding hydrogens is 441 g/mol. The van der Waals surface area contributed by atoms with Crippen molar-refractivity contribution in [3.63, 3.8) is 0 Å². The molecule has 6 nitrogen and oxygen atoms in total. The summed E-state index contributed by atoms with van der Waals surface area (Å²) in [5, 5.41) is 6.55. The third kappa shape index (κ3) is 6.19. The lowest BCUT2D eigenvalue weighted by molar-refractivity contribution is 0.501. The monoisotopic (exact) mass is 469 g/mol. The molecule has 2 N–H and O–H groups in total. The second-order valence-corrected chi connectivity index (χ2v) is 6.20. The summed E-state index contributed by atoms with van der Waals surface area (Å²) in [5.74, 6) is 2.75. The standard InChI is InChI=1S/C19H27N5O.HI/c1-2-20-19(23-15-17-7-6-12-25-17)22-14-16-8-9-21-18(13-16)24-10-4-3-5-11-24;/h6-9,12-13H,2-5,10-11,14-15H2,1H3,(H2,20,22,23);1H. The van der Waals surface area contributed by atoms with Crippen molar-refractivity contribution in [1.29, 1.82) is 0 Å². The molecule has 0 aromatic carbocycles. The van der Waals surface area contributed by atoms with Crippen molar-refractivity contribution in [1.82, 2.24) is 15.6 Å². The molecule has 142 valence electrons. The number of nitrogens with one attached hydrogen (secondary N) is 2. The van der Waals surface area contributed by atoms with Crippen LogP contribution in [0.1, 0.15) is 37.5 Å². The number of aliphatic imine (C=N–C) groups is 1. The topological polar surface area (TPSA) is 65.7 Å². The fourth-order valence-corrected chi connectivity index (χ4v) is 2.95. The molecule has 7 heteroatoms. The number of guanidine groups is 1. The fraction of sp³-hybridized carbons (Fsp3) is 0.474. The summed E-state index contributed by atoms with van der Waals surface area (Å²) in [6.45, 7) is 6.33. The summed E-state index contributed by atoms with van der Waals surface area (Å²) in [5.41, 5.74) is 1.17. The van der Waals surface area contributed by atoms with Crippen LogP contribution in [0.3, 0.4) is 0 Å². The molecule has 1 saturated heterocycles. The maximum atomic E-state index is 5.35. The minimum atomic E-state index is 0. The Bertz CT molecular complexity index is 668. The molecule has 1 aliphatic heterocycles. The SMILES string of the molecule is CCNC(=NCc1ccnc(N2CCCCC2)c1)NCc1ccco1.I. The Kier molecular flexibility index (Phi) is 8.73. The largest absolute Gasteiger partial charge is 0.467 e. The zero-order valence-electron chi connectivity index (χ0n) is 15.3. The number of hydrogen-bond acceptors (Lipinski definition) is 4. The second kappa shape index (κ2) is 11.1. The van der Waals surface area contributed by atoms with Crippen LogP contribution in [0.5, 0.6) is 0 Å². The van der Waals surface area contributed by atoms with Crippen LogP contribution in [0.15, 0.2) is 46.1 Å². The number of pyridine rings is 1. The number of halogens is 1. The summed E-state index contributed by atoms with van der Waals surface area (Å²) < 4.78 is 5.35. The van der Waals surface area contributed by atoms with Crippen LogP contribution in [0, 0.1) is 0 Å². The zero-order chi connectivity index (χ0) is 17.3. The molecule has 1 fully saturated rings. The Morgan fingerprint density at radius 3 is 2.81 bits per heavy atom. The highest BCUT2D eigenvalue weighted by Gasteiger charge is 2.12. The molecule has 0 atom stereocenters. The molecule has 3 heterocycles. The van der Waals surface area contributed by atoms with Crippen molar-refractivity contribution in [2.24, 2.45) is 4.99 Å². The number of furan rings is 1. The van der Waals surface area contributed by atoms with Crippen molar-refractivity contribution < 1.29 is 4.42 Å². The maximum absolute atomic E-state index is 5.35. The van der Waals surface area contributed by atoms with Crippen molar-refractivity contribution in [3.05, 3.63) is 48.0 Å². The van der Waals surface area contributed by atoms with Crippen LogP contribution in [0.25, 0.3) is 0 Å². The average Bonchev–Trinajstić information content (AvgIpc) is 3.18. The molecule has 0 aliphatic carbocycles. The van der Waals surface area contributed by atoms with E-state index in [0.717, 1.165) is 37.2 Å². The van der Waals surface area contributed by atoms with Crippen LogP contribution in [0.4, 0.5) is 5.82 Å². The van der Waals surface area contributed by atoms with Gasteiger partial charge in [-0.25, -0.2) is 9.98 Å². The van der Waals surface area contributed by atoms with E-state index in [1.807, 2.05) is 24.4 Å². The lowest BCUT2D eigenvalue weighted by Gasteiger charge is -2.27. The van der Waals surface area contributed by atoms with Gasteiger partial charge in [0, 0.05) is 25.8 Å². The maximum Gasteiger partial charge on any atom is 0.191 e. The first-order valence-electron chi connectivity index (χ1n) is 9.09. The summed E-state index contributed by atoms with van der Waals surface area (Å²) in [6.07, 6.45) is 7.41. The van der Waals surface area contributed by atoms with Crippen molar-refractivity contribution in [3.8, 4) is 0 Å². The summed E-state index contributed by atoms with van der Waals surface area (Å²) in [4.78, 5) is 11.6. The second-order valence-electron chi connectivity index (χ2n) is 6.20. The molecule has 0 spiro atoms. The van der Waals surface area contributed by atoms with Crippen molar-refractivity contribution >= 4 is 35.8 Å². The zero-order valence-corrected chi connectivity index (χ0v) is 17.6. The van der Waals surface area contributed by atoms with Crippen LogP contribution in [-0.4, -0.2) is 30.6 Å². The number of hydrogen-bond donors (Lipinski definition) is 2. The normalized spacial score (nSPS) is 14.7. The molecule has 3 rings (SSSR count). The van der Waals surface area contributed by atoms with Gasteiger partial charge in [-0.1, -0.05) is 0 Å². The third-order valence-electron chi connectivity index (χ3n) is 4.26. The molecule has 0 bridgehead atoms. The Morgan fingerprint density at radius 2 is 2.08 bits per heavy atom. The Morgan fingerprint density at radius 1 is 1.23 bits per heavy atom. The first-order valence-corrected chi connectivity index (χ1v) is 9.09. The van der Waals surface area contributed by atoms with Crippen LogP contribution in [-0.2, 0) is 13.1 Å². The third-order valence-corrected chi connectivity index (χ3v) is 4.26. The van der Waals surface area contributed by atoms with E-state index < -0.39 is 0 Å². The van der Waals surface area contributed by atoms with Crippen molar-refractivity contribution in [2.75, 3.05) is 24.5 Å². The van der Waals surface area contributed by atoms with Gasteiger partial charge in [-0.05, 0) is 56.0 Å². The van der Waals surface area contributed by atoms with E-state index in [0.29, 0.717) is 13.1 Å². The van der Waals surface area contributed by atoms with Gasteiger partial charge >= 0.3 is 0 Å². The lowest BCUT2D eigenvalue weighted by atomic mass is 10.1. The van der Waals surface area contributed by atoms with Crippen molar-refractivity contribution in [2.45, 2.75) is 39.3 Å². The van der Waals surface area contributed by atoms with E-state index >= 15 is 0 Å². The number of aromatic nitrogens is 1. The van der Waals surface area contributed by atoms with Gasteiger partial charge in [0.1, 0.15) is 11.6 Å². The molecular formula is C19H28IN5O. The summed E-state index contributed by atoms with van der Waals surface area (Å²) in [6, 6.07) is 8.03. The molecule has 0 saturated carbocycles. The Hall–Kier alpha value is -1.77. The highest BCUT2D eigenvalue weighted by atomic mass is 127. The van der Waals surface area contributed by atoms with Crippen LogP contribution >= 0.6 is 24.0 Å². The minimum Gasteiger partial charge on any atom is -0.467 e. The molecule has 0 radical (unpaired) electrons. The van der Waals surface area contributed by atoms with Gasteiger partial charge in [-0.2, -0.15) is 0 Å². The fourth-order valence-electron chi connectivity index (χ4n) is 2.95. The molecule has 26 heavy (non-hydrogen) atoms. The van der Waals surface area contributed by atoms with Gasteiger partial charge in [0.15, 0.2) is 5.96 Å². The van der Waals surface area contributed by atoms with E-state index in [4.69, 9.17) is 4.42 Å². The van der Waals surface area contributed by atoms with Crippen LogP contribution in [0.2, 0.25) is 0 Å². The predicted molar refractivity (Wildman–Crippen MR) is 116 cm³/mol. The van der Waals surface area contributed by atoms with Crippen LogP contribution < -0.4 is 15.5 Å². The van der Waals surface area contributed by atoms with Gasteiger partial charge in [0.05, 0.1) is 19.4 Å². The van der Waals surface area contributed by atoms with E-state index in [9.17, 15) is 0 Å². The molecule has 1 aliphatic rings. The highest BCUT2D eigenvalue weighted by molar-refractivity contribution is 14.0. The number of nitrogens with zero attached hydrogens (tertiary/aromatic N) is 3. The first-order chi connectivity index (χ1) is 12.3. The predicted octanol–water partition coefficient (Wildman–Crippen LogP) is 3.54. The minimum absolute atomic E-state index is 0. The number of rotatable bonds is 6. The summed E-state index contributed by atoms with van der Waals surface area (Å²) >= 11 is 0. The van der Waals surface area contributed by atoms with E-state index in [2.05, 4.69) is 38.5 Å². The summed E-state index contributed by atoms with van der Waals surface area (Å²) in [7, 11) is 0. The van der Waals surface area contributed by atoms with Gasteiger partial charge in [-0.15, -0.1) is 24.0 Å². The van der Waals surface area contributed by atoms with Gasteiger partial charge < -0.3 is 20.0 Å². The number of piperidine rings is 1. The van der Waals surface area contributed by atoms with Gasteiger partial charge in [0.25, 0.3) is 0 Å². The van der Waals surface area contributed by atoms with Gasteiger partial charge in [0.2, 0.25) is 0 Å². The molecule has 2 aromatic rings. The van der Waals surface area contributed by atoms with E-state index in [1.54, 1.807) is 6.26 Å². The van der Waals surface area contributed by atoms with Gasteiger partial charge in [-0.3, -0.25) is 0 Å².